The fourth-order valence-corrected chi connectivity index (χ4v) is 5.85. The van der Waals surface area contributed by atoms with Crippen LogP contribution in [0.25, 0.3) is 6.08 Å². The molecule has 0 spiro atoms. The number of hydrogen-bond donors (Lipinski definition) is 0. The highest BCUT2D eigenvalue weighted by Gasteiger charge is 2.33. The van der Waals surface area contributed by atoms with E-state index in [-0.39, 0.29) is 18.3 Å². The number of rotatable bonds is 7. The molecule has 0 atom stereocenters. The Morgan fingerprint density at radius 3 is 2.71 bits per heavy atom. The number of benzene rings is 3. The van der Waals surface area contributed by atoms with Gasteiger partial charge in [-0.15, -0.1) is 11.8 Å². The Labute approximate surface area is 225 Å². The minimum absolute atomic E-state index is 0.0755. The summed E-state index contributed by atoms with van der Waals surface area (Å²) < 4.78 is 26.6. The molecular weight excluding hydrogens is 604 g/mol. The Bertz CT molecular complexity index is 1300. The summed E-state index contributed by atoms with van der Waals surface area (Å²) >= 11 is 10.5. The molecule has 0 N–H and O–H groups in total. The number of thiocarbonyl (C=S) groups is 1. The third-order valence-electron chi connectivity index (χ3n) is 4.98. The van der Waals surface area contributed by atoms with Crippen molar-refractivity contribution in [2.75, 3.05) is 18.3 Å². The first-order valence-electron chi connectivity index (χ1n) is 10.1. The standard InChI is InChI=1S/C25H19FINO3S3/c1-30-21-11-15(10-20(27)23(21)31-14-16-6-3-4-9-19(16)26)12-22-24(29)28(25(32)34-22)17-7-5-8-18(13-17)33-2/h3-13H,14H2,1-2H3/b22-12+. The van der Waals surface area contributed by atoms with Gasteiger partial charge in [-0.25, -0.2) is 4.39 Å². The Kier molecular flexibility index (Phi) is 8.18. The zero-order chi connectivity index (χ0) is 24.2. The van der Waals surface area contributed by atoms with Crippen LogP contribution in [0.2, 0.25) is 0 Å². The lowest BCUT2D eigenvalue weighted by Crippen LogP contribution is -2.27. The van der Waals surface area contributed by atoms with E-state index in [1.165, 1.54) is 17.8 Å². The first kappa shape index (κ1) is 25.0. The molecule has 4 rings (SSSR count). The zero-order valence-electron chi connectivity index (χ0n) is 18.2. The van der Waals surface area contributed by atoms with Crippen LogP contribution in [0.1, 0.15) is 11.1 Å². The van der Waals surface area contributed by atoms with Gasteiger partial charge in [0.05, 0.1) is 21.3 Å². The molecular formula is C25H19FINO3S3. The van der Waals surface area contributed by atoms with Crippen molar-refractivity contribution in [3.8, 4) is 11.5 Å². The van der Waals surface area contributed by atoms with Gasteiger partial charge >= 0.3 is 0 Å². The lowest BCUT2D eigenvalue weighted by Gasteiger charge is -2.15. The molecule has 0 radical (unpaired) electrons. The lowest BCUT2D eigenvalue weighted by atomic mass is 10.1. The lowest BCUT2D eigenvalue weighted by molar-refractivity contribution is -0.113. The maximum Gasteiger partial charge on any atom is 0.270 e. The Balaban J connectivity index is 1.59. The van der Waals surface area contributed by atoms with Gasteiger partial charge in [0.25, 0.3) is 5.91 Å². The van der Waals surface area contributed by atoms with E-state index in [9.17, 15) is 9.18 Å². The van der Waals surface area contributed by atoms with Crippen molar-refractivity contribution in [3.63, 3.8) is 0 Å². The first-order valence-corrected chi connectivity index (χ1v) is 13.6. The van der Waals surface area contributed by atoms with Crippen molar-refractivity contribution in [3.05, 3.63) is 86.1 Å². The van der Waals surface area contributed by atoms with Crippen LogP contribution in [0.15, 0.2) is 70.5 Å². The van der Waals surface area contributed by atoms with Gasteiger partial charge in [-0.2, -0.15) is 0 Å². The van der Waals surface area contributed by atoms with Crippen LogP contribution in [-0.4, -0.2) is 23.6 Å². The summed E-state index contributed by atoms with van der Waals surface area (Å²) in [5.41, 5.74) is 1.98. The molecule has 9 heteroatoms. The molecule has 3 aromatic rings. The van der Waals surface area contributed by atoms with Crippen molar-refractivity contribution >= 4 is 80.3 Å². The van der Waals surface area contributed by atoms with Gasteiger partial charge < -0.3 is 9.47 Å². The minimum Gasteiger partial charge on any atom is -0.493 e. The molecule has 1 aliphatic rings. The summed E-state index contributed by atoms with van der Waals surface area (Å²) in [6, 6.07) is 17.9. The van der Waals surface area contributed by atoms with E-state index in [2.05, 4.69) is 22.6 Å². The molecule has 1 aliphatic heterocycles. The van der Waals surface area contributed by atoms with Crippen LogP contribution >= 0.6 is 58.3 Å². The van der Waals surface area contributed by atoms with Gasteiger partial charge in [0, 0.05) is 10.5 Å². The molecule has 0 unspecified atom stereocenters. The van der Waals surface area contributed by atoms with Crippen molar-refractivity contribution in [2.45, 2.75) is 11.5 Å². The average Bonchev–Trinajstić information content (AvgIpc) is 3.11. The van der Waals surface area contributed by atoms with Crippen LogP contribution in [0.4, 0.5) is 10.1 Å². The largest absolute Gasteiger partial charge is 0.493 e. The highest BCUT2D eigenvalue weighted by molar-refractivity contribution is 14.1. The second-order valence-electron chi connectivity index (χ2n) is 7.13. The summed E-state index contributed by atoms with van der Waals surface area (Å²) in [4.78, 5) is 16.3. The average molecular weight is 624 g/mol. The third kappa shape index (κ3) is 5.42. The summed E-state index contributed by atoms with van der Waals surface area (Å²) in [5, 5.41) is 0. The second-order valence-corrected chi connectivity index (χ2v) is 10.9. The summed E-state index contributed by atoms with van der Waals surface area (Å²) in [7, 11) is 1.54. The topological polar surface area (TPSA) is 38.8 Å². The Morgan fingerprint density at radius 1 is 1.18 bits per heavy atom. The molecule has 34 heavy (non-hydrogen) atoms. The van der Waals surface area contributed by atoms with Gasteiger partial charge in [-0.3, -0.25) is 9.69 Å². The SMILES string of the molecule is COc1cc(/C=C2/SC(=S)N(c3cccc(SC)c3)C2=O)cc(I)c1OCc1ccccc1F. The molecule has 3 aromatic carbocycles. The highest BCUT2D eigenvalue weighted by Crippen LogP contribution is 2.39. The van der Waals surface area contributed by atoms with Crippen LogP contribution in [0, 0.1) is 9.39 Å². The molecule has 0 aromatic heterocycles. The van der Waals surface area contributed by atoms with Crippen LogP contribution < -0.4 is 14.4 Å². The Morgan fingerprint density at radius 2 is 1.97 bits per heavy atom. The maximum atomic E-state index is 14.0. The van der Waals surface area contributed by atoms with Crippen molar-refractivity contribution in [1.82, 2.24) is 0 Å². The molecule has 4 nitrogen and oxygen atoms in total. The van der Waals surface area contributed by atoms with Gasteiger partial charge in [0.1, 0.15) is 12.4 Å². The third-order valence-corrected chi connectivity index (χ3v) is 7.81. The predicted octanol–water partition coefficient (Wildman–Crippen LogP) is 7.15. The number of anilines is 1. The van der Waals surface area contributed by atoms with Crippen molar-refractivity contribution in [2.24, 2.45) is 0 Å². The number of halogens is 2. The predicted molar refractivity (Wildman–Crippen MR) is 150 cm³/mol. The number of ether oxygens (including phenoxy) is 2. The smallest absolute Gasteiger partial charge is 0.270 e. The van der Waals surface area contributed by atoms with Gasteiger partial charge in [0.2, 0.25) is 0 Å². The molecule has 1 fully saturated rings. The molecule has 1 saturated heterocycles. The highest BCUT2D eigenvalue weighted by atomic mass is 127. The monoisotopic (exact) mass is 623 g/mol. The van der Waals surface area contributed by atoms with Crippen molar-refractivity contribution < 1.29 is 18.7 Å². The number of methoxy groups -OCH3 is 1. The van der Waals surface area contributed by atoms with E-state index in [0.29, 0.717) is 26.3 Å². The molecule has 0 aliphatic carbocycles. The van der Waals surface area contributed by atoms with E-state index in [1.54, 1.807) is 54.1 Å². The quantitative estimate of drug-likeness (QED) is 0.121. The van der Waals surface area contributed by atoms with Crippen LogP contribution in [-0.2, 0) is 11.4 Å². The first-order chi connectivity index (χ1) is 16.4. The summed E-state index contributed by atoms with van der Waals surface area (Å²) in [6.45, 7) is 0.0755. The number of nitrogens with zero attached hydrogens (tertiary/aromatic N) is 1. The summed E-state index contributed by atoms with van der Waals surface area (Å²) in [6.07, 6.45) is 3.78. The van der Waals surface area contributed by atoms with Crippen LogP contribution in [0.3, 0.4) is 0 Å². The normalized spacial score (nSPS) is 14.7. The number of thioether (sulfide) groups is 2. The maximum absolute atomic E-state index is 14.0. The zero-order valence-corrected chi connectivity index (χ0v) is 22.8. The van der Waals surface area contributed by atoms with E-state index in [4.69, 9.17) is 21.7 Å². The van der Waals surface area contributed by atoms with E-state index >= 15 is 0 Å². The second kappa shape index (κ2) is 11.1. The molecule has 0 saturated carbocycles. The fourth-order valence-electron chi connectivity index (χ4n) is 3.32. The minimum atomic E-state index is -0.321. The van der Waals surface area contributed by atoms with E-state index < -0.39 is 0 Å². The number of carbonyl (C=O) groups excluding carboxylic acids is 1. The van der Waals surface area contributed by atoms with Crippen LogP contribution in [0.5, 0.6) is 11.5 Å². The number of carbonyl (C=O) groups is 1. The fraction of sp³-hybridized carbons (Fsp3) is 0.120. The molecule has 174 valence electrons. The van der Waals surface area contributed by atoms with Gasteiger partial charge in [-0.1, -0.05) is 48.2 Å². The number of amides is 1. The van der Waals surface area contributed by atoms with Crippen molar-refractivity contribution in [1.29, 1.82) is 0 Å². The van der Waals surface area contributed by atoms with Gasteiger partial charge in [0.15, 0.2) is 15.8 Å². The van der Waals surface area contributed by atoms with E-state index in [1.807, 2.05) is 36.6 Å². The Hall–Kier alpha value is -2.08. The molecule has 1 amide bonds. The molecule has 0 bridgehead atoms. The van der Waals surface area contributed by atoms with Gasteiger partial charge in [-0.05, 0) is 76.9 Å². The summed E-state index contributed by atoms with van der Waals surface area (Å²) in [5.74, 6) is 0.530. The molecule has 1 heterocycles. The number of hydrogen-bond acceptors (Lipinski definition) is 6. The van der Waals surface area contributed by atoms with E-state index in [0.717, 1.165) is 19.7 Å².